The number of carbonyl (C=O) groups is 1. The lowest BCUT2D eigenvalue weighted by atomic mass is 10.0. The minimum absolute atomic E-state index is 0.338. The van der Waals surface area contributed by atoms with Crippen LogP contribution in [0.5, 0.6) is 5.75 Å². The van der Waals surface area contributed by atoms with Crippen LogP contribution in [0.4, 0.5) is 0 Å². The summed E-state index contributed by atoms with van der Waals surface area (Å²) in [5.41, 5.74) is 7.73. The number of rotatable bonds is 8. The Morgan fingerprint density at radius 3 is 2.65 bits per heavy atom. The Kier molecular flexibility index (Phi) is 7.04. The molecular formula is C15H23NO4. The largest absolute Gasteiger partial charge is 0.496 e. The molecular weight excluding hydrogens is 258 g/mol. The second kappa shape index (κ2) is 8.55. The summed E-state index contributed by atoms with van der Waals surface area (Å²) in [5.74, 6) is 0.390. The second-order valence-electron chi connectivity index (χ2n) is 4.35. The Morgan fingerprint density at radius 2 is 2.05 bits per heavy atom. The van der Waals surface area contributed by atoms with Crippen molar-refractivity contribution in [3.05, 3.63) is 29.3 Å². The molecule has 5 nitrogen and oxygen atoms in total. The first kappa shape index (κ1) is 16.5. The summed E-state index contributed by atoms with van der Waals surface area (Å²) < 4.78 is 15.6. The molecule has 0 fully saturated rings. The van der Waals surface area contributed by atoms with Gasteiger partial charge in [-0.25, -0.2) is 0 Å². The number of hydrogen-bond acceptors (Lipinski definition) is 5. The molecule has 1 atom stereocenters. The fraction of sp³-hybridized carbons (Fsp3) is 0.533. The van der Waals surface area contributed by atoms with Gasteiger partial charge in [0.25, 0.3) is 0 Å². The zero-order chi connectivity index (χ0) is 15.0. The average Bonchev–Trinajstić information content (AvgIpc) is 2.45. The molecule has 0 aliphatic carbocycles. The van der Waals surface area contributed by atoms with E-state index in [4.69, 9.17) is 19.9 Å². The first-order valence-electron chi connectivity index (χ1n) is 6.78. The van der Waals surface area contributed by atoms with Crippen molar-refractivity contribution in [3.8, 4) is 5.75 Å². The maximum atomic E-state index is 11.5. The molecule has 0 aromatic heterocycles. The van der Waals surface area contributed by atoms with Gasteiger partial charge in [0, 0.05) is 12.2 Å². The van der Waals surface area contributed by atoms with E-state index in [1.54, 1.807) is 14.0 Å². The van der Waals surface area contributed by atoms with Gasteiger partial charge in [-0.2, -0.15) is 0 Å². The van der Waals surface area contributed by atoms with E-state index in [0.717, 1.165) is 16.9 Å². The van der Waals surface area contributed by atoms with E-state index in [9.17, 15) is 4.79 Å². The molecule has 20 heavy (non-hydrogen) atoms. The van der Waals surface area contributed by atoms with Crippen LogP contribution in [-0.2, 0) is 27.3 Å². The van der Waals surface area contributed by atoms with Gasteiger partial charge in [-0.15, -0.1) is 0 Å². The third-order valence-electron chi connectivity index (χ3n) is 2.85. The van der Waals surface area contributed by atoms with Crippen LogP contribution >= 0.6 is 0 Å². The van der Waals surface area contributed by atoms with E-state index in [1.807, 2.05) is 25.1 Å². The predicted octanol–water partition coefficient (Wildman–Crippen LogP) is 1.66. The van der Waals surface area contributed by atoms with Gasteiger partial charge >= 0.3 is 5.97 Å². The van der Waals surface area contributed by atoms with E-state index in [1.165, 1.54) is 0 Å². The van der Waals surface area contributed by atoms with Crippen LogP contribution in [0.3, 0.4) is 0 Å². The van der Waals surface area contributed by atoms with Gasteiger partial charge in [0.1, 0.15) is 11.8 Å². The Labute approximate surface area is 120 Å². The number of carbonyl (C=O) groups excluding carboxylic acids is 1. The maximum absolute atomic E-state index is 11.5. The highest BCUT2D eigenvalue weighted by atomic mass is 16.5. The summed E-state index contributed by atoms with van der Waals surface area (Å²) >= 11 is 0. The van der Waals surface area contributed by atoms with E-state index in [-0.39, 0.29) is 5.97 Å². The van der Waals surface area contributed by atoms with Gasteiger partial charge in [-0.3, -0.25) is 4.79 Å². The smallest absolute Gasteiger partial charge is 0.323 e. The van der Waals surface area contributed by atoms with Gasteiger partial charge < -0.3 is 19.9 Å². The number of methoxy groups -OCH3 is 1. The molecule has 0 amide bonds. The van der Waals surface area contributed by atoms with Crippen molar-refractivity contribution >= 4 is 5.97 Å². The Balaban J connectivity index is 2.77. The lowest BCUT2D eigenvalue weighted by Gasteiger charge is -2.13. The monoisotopic (exact) mass is 281 g/mol. The Hall–Kier alpha value is -1.59. The van der Waals surface area contributed by atoms with Gasteiger partial charge in [-0.1, -0.05) is 6.07 Å². The zero-order valence-electron chi connectivity index (χ0n) is 12.3. The molecule has 112 valence electrons. The van der Waals surface area contributed by atoms with E-state index < -0.39 is 6.04 Å². The van der Waals surface area contributed by atoms with Crippen LogP contribution in [0.2, 0.25) is 0 Å². The number of benzene rings is 1. The summed E-state index contributed by atoms with van der Waals surface area (Å²) in [6, 6.07) is 5.06. The highest BCUT2D eigenvalue weighted by Crippen LogP contribution is 2.21. The van der Waals surface area contributed by atoms with E-state index in [2.05, 4.69) is 0 Å². The molecule has 0 spiro atoms. The van der Waals surface area contributed by atoms with Crippen molar-refractivity contribution < 1.29 is 19.0 Å². The van der Waals surface area contributed by atoms with Crippen molar-refractivity contribution in [1.82, 2.24) is 0 Å². The number of esters is 1. The van der Waals surface area contributed by atoms with Gasteiger partial charge in [0.05, 0.1) is 20.3 Å². The van der Waals surface area contributed by atoms with Crippen molar-refractivity contribution in [2.75, 3.05) is 20.3 Å². The third-order valence-corrected chi connectivity index (χ3v) is 2.85. The second-order valence-corrected chi connectivity index (χ2v) is 4.35. The quantitative estimate of drug-likeness (QED) is 0.734. The van der Waals surface area contributed by atoms with Crippen LogP contribution in [0.25, 0.3) is 0 Å². The molecule has 0 saturated carbocycles. The van der Waals surface area contributed by atoms with Crippen LogP contribution in [-0.4, -0.2) is 32.3 Å². The molecule has 0 heterocycles. The Morgan fingerprint density at radius 1 is 1.30 bits per heavy atom. The summed E-state index contributed by atoms with van der Waals surface area (Å²) in [5, 5.41) is 0. The van der Waals surface area contributed by atoms with Crippen LogP contribution in [0, 0.1) is 0 Å². The fourth-order valence-corrected chi connectivity index (χ4v) is 1.87. The van der Waals surface area contributed by atoms with Gasteiger partial charge in [-0.05, 0) is 38.0 Å². The molecule has 0 radical (unpaired) electrons. The highest BCUT2D eigenvalue weighted by molar-refractivity contribution is 5.75. The average molecular weight is 281 g/mol. The minimum Gasteiger partial charge on any atom is -0.496 e. The van der Waals surface area contributed by atoms with Crippen LogP contribution in [0.1, 0.15) is 25.0 Å². The van der Waals surface area contributed by atoms with Gasteiger partial charge in [0.2, 0.25) is 0 Å². The normalized spacial score (nSPS) is 12.0. The molecule has 0 saturated heterocycles. The van der Waals surface area contributed by atoms with Crippen LogP contribution < -0.4 is 10.5 Å². The first-order chi connectivity index (χ1) is 9.62. The molecule has 1 aromatic carbocycles. The molecule has 0 aliphatic rings. The lowest BCUT2D eigenvalue weighted by Crippen LogP contribution is -2.34. The highest BCUT2D eigenvalue weighted by Gasteiger charge is 2.16. The zero-order valence-corrected chi connectivity index (χ0v) is 12.3. The topological polar surface area (TPSA) is 70.8 Å². The SMILES string of the molecule is CCOCc1cc(CC(N)C(=O)OCC)ccc1OC. The first-order valence-corrected chi connectivity index (χ1v) is 6.78. The summed E-state index contributed by atoms with van der Waals surface area (Å²) in [4.78, 5) is 11.5. The molecule has 0 bridgehead atoms. The van der Waals surface area contributed by atoms with Crippen LogP contribution in [0.15, 0.2) is 18.2 Å². The summed E-state index contributed by atoms with van der Waals surface area (Å²) in [6.45, 7) is 5.15. The van der Waals surface area contributed by atoms with Gasteiger partial charge in [0.15, 0.2) is 0 Å². The fourth-order valence-electron chi connectivity index (χ4n) is 1.87. The van der Waals surface area contributed by atoms with E-state index >= 15 is 0 Å². The predicted molar refractivity (Wildman–Crippen MR) is 76.6 cm³/mol. The molecule has 0 aliphatic heterocycles. The van der Waals surface area contributed by atoms with Crippen molar-refractivity contribution in [3.63, 3.8) is 0 Å². The molecule has 1 aromatic rings. The van der Waals surface area contributed by atoms with Crippen molar-refractivity contribution in [1.29, 1.82) is 0 Å². The number of nitrogens with two attached hydrogens (primary N) is 1. The number of ether oxygens (including phenoxy) is 3. The molecule has 1 unspecified atom stereocenters. The summed E-state index contributed by atoms with van der Waals surface area (Å²) in [6.07, 6.45) is 0.432. The van der Waals surface area contributed by atoms with Crippen molar-refractivity contribution in [2.24, 2.45) is 5.73 Å². The molecule has 5 heteroatoms. The van der Waals surface area contributed by atoms with E-state index in [0.29, 0.717) is 26.2 Å². The standard InChI is InChI=1S/C15H23NO4/c1-4-19-10-12-8-11(6-7-14(12)18-3)9-13(16)15(17)20-5-2/h6-8,13H,4-5,9-10,16H2,1-3H3. The lowest BCUT2D eigenvalue weighted by molar-refractivity contribution is -0.144. The molecule has 1 rings (SSSR count). The van der Waals surface area contributed by atoms with Crippen molar-refractivity contribution in [2.45, 2.75) is 32.9 Å². The third kappa shape index (κ3) is 4.83. The number of hydrogen-bond donors (Lipinski definition) is 1. The summed E-state index contributed by atoms with van der Waals surface area (Å²) in [7, 11) is 1.62. The maximum Gasteiger partial charge on any atom is 0.323 e. The molecule has 2 N–H and O–H groups in total. The minimum atomic E-state index is -0.650. The Bertz CT molecular complexity index is 434.